The standard InChI is InChI=1S/C23H18Cl4F3N5O3/c1-11(36)21-31-18(32-35(21)16-7-14(25)6-15(26)8-16)10-34-20(27)19(12-2-4-13(24)5-3-12)33(22(34)38)9-17(37)23(28,29)30/h2-8,11,17,36-37H,9-10H2,1H3/t11-,17-/m0/s1. The molecule has 8 nitrogen and oxygen atoms in total. The van der Waals surface area contributed by atoms with E-state index in [-0.39, 0.29) is 29.0 Å². The summed E-state index contributed by atoms with van der Waals surface area (Å²) in [5.74, 6) is 0.101. The highest BCUT2D eigenvalue weighted by molar-refractivity contribution is 6.35. The molecule has 0 spiro atoms. The fourth-order valence-electron chi connectivity index (χ4n) is 3.73. The van der Waals surface area contributed by atoms with Crippen LogP contribution in [-0.2, 0) is 13.1 Å². The van der Waals surface area contributed by atoms with E-state index in [0.717, 1.165) is 9.13 Å². The molecule has 0 saturated heterocycles. The number of aliphatic hydroxyl groups is 2. The highest BCUT2D eigenvalue weighted by Crippen LogP contribution is 2.31. The number of imidazole rings is 1. The third-order valence-corrected chi connectivity index (χ3v) is 6.53. The number of aromatic nitrogens is 5. The van der Waals surface area contributed by atoms with Gasteiger partial charge in [-0.1, -0.05) is 58.5 Å². The average Bonchev–Trinajstić information content (AvgIpc) is 3.34. The number of rotatable bonds is 7. The number of halogens is 7. The minimum absolute atomic E-state index is 0.0113. The van der Waals surface area contributed by atoms with Gasteiger partial charge in [-0.25, -0.2) is 14.5 Å². The fraction of sp³-hybridized carbons (Fsp3) is 0.261. The van der Waals surface area contributed by atoms with Crippen molar-refractivity contribution in [2.75, 3.05) is 0 Å². The summed E-state index contributed by atoms with van der Waals surface area (Å²) in [6.07, 6.45) is -8.90. The van der Waals surface area contributed by atoms with Gasteiger partial charge in [-0.3, -0.25) is 9.13 Å². The Morgan fingerprint density at radius 2 is 1.55 bits per heavy atom. The molecule has 202 valence electrons. The van der Waals surface area contributed by atoms with Gasteiger partial charge in [0.25, 0.3) is 0 Å². The van der Waals surface area contributed by atoms with Gasteiger partial charge in [0, 0.05) is 20.6 Å². The third kappa shape index (κ3) is 5.88. The van der Waals surface area contributed by atoms with E-state index in [0.29, 0.717) is 26.3 Å². The first kappa shape index (κ1) is 28.5. The molecule has 0 aliphatic carbocycles. The molecule has 2 aromatic carbocycles. The van der Waals surface area contributed by atoms with E-state index in [1.165, 1.54) is 54.1 Å². The highest BCUT2D eigenvalue weighted by atomic mass is 35.5. The van der Waals surface area contributed by atoms with Crippen molar-refractivity contribution in [1.82, 2.24) is 23.9 Å². The van der Waals surface area contributed by atoms with E-state index in [2.05, 4.69) is 10.1 Å². The summed E-state index contributed by atoms with van der Waals surface area (Å²) >= 11 is 24.6. The van der Waals surface area contributed by atoms with Crippen LogP contribution in [0.2, 0.25) is 20.2 Å². The van der Waals surface area contributed by atoms with Gasteiger partial charge in [-0.15, -0.1) is 5.10 Å². The van der Waals surface area contributed by atoms with Gasteiger partial charge in [0.2, 0.25) is 0 Å². The van der Waals surface area contributed by atoms with Crippen LogP contribution in [0.1, 0.15) is 24.7 Å². The zero-order chi connectivity index (χ0) is 27.9. The molecule has 0 radical (unpaired) electrons. The summed E-state index contributed by atoms with van der Waals surface area (Å²) in [7, 11) is 0. The lowest BCUT2D eigenvalue weighted by Crippen LogP contribution is -2.37. The Labute approximate surface area is 233 Å². The first-order valence-corrected chi connectivity index (χ1v) is 12.4. The van der Waals surface area contributed by atoms with Crippen molar-refractivity contribution in [3.63, 3.8) is 0 Å². The minimum atomic E-state index is -4.98. The third-order valence-electron chi connectivity index (χ3n) is 5.46. The molecular weight excluding hydrogens is 593 g/mol. The van der Waals surface area contributed by atoms with E-state index in [9.17, 15) is 28.2 Å². The number of nitrogens with zero attached hydrogens (tertiary/aromatic N) is 5. The molecular formula is C23H18Cl4F3N5O3. The maximum Gasteiger partial charge on any atom is 0.416 e. The highest BCUT2D eigenvalue weighted by Gasteiger charge is 2.39. The molecule has 0 saturated carbocycles. The molecule has 0 aliphatic rings. The van der Waals surface area contributed by atoms with Crippen LogP contribution in [0.5, 0.6) is 0 Å². The van der Waals surface area contributed by atoms with Crippen LogP contribution in [0.15, 0.2) is 47.3 Å². The summed E-state index contributed by atoms with van der Waals surface area (Å²) in [5.41, 5.74) is -0.331. The van der Waals surface area contributed by atoms with E-state index in [1.54, 1.807) is 0 Å². The lowest BCUT2D eigenvalue weighted by atomic mass is 10.1. The van der Waals surface area contributed by atoms with Crippen LogP contribution >= 0.6 is 46.4 Å². The van der Waals surface area contributed by atoms with Crippen LogP contribution in [0.25, 0.3) is 16.9 Å². The van der Waals surface area contributed by atoms with Crippen molar-refractivity contribution < 1.29 is 23.4 Å². The van der Waals surface area contributed by atoms with Crippen molar-refractivity contribution in [2.45, 2.75) is 38.4 Å². The lowest BCUT2D eigenvalue weighted by molar-refractivity contribution is -0.207. The maximum absolute atomic E-state index is 13.3. The topological polar surface area (TPSA) is 98.1 Å². The first-order chi connectivity index (χ1) is 17.8. The van der Waals surface area contributed by atoms with Crippen molar-refractivity contribution in [3.8, 4) is 16.9 Å². The summed E-state index contributed by atoms with van der Waals surface area (Å²) in [6.45, 7) is -0.0214. The fourth-order valence-corrected chi connectivity index (χ4v) is 4.71. The molecule has 2 aromatic heterocycles. The molecule has 2 heterocycles. The van der Waals surface area contributed by atoms with Crippen LogP contribution in [-0.4, -0.2) is 46.4 Å². The molecule has 4 aromatic rings. The van der Waals surface area contributed by atoms with Gasteiger partial charge in [-0.2, -0.15) is 13.2 Å². The van der Waals surface area contributed by atoms with Gasteiger partial charge >= 0.3 is 11.9 Å². The zero-order valence-electron chi connectivity index (χ0n) is 19.3. The number of hydrogen-bond acceptors (Lipinski definition) is 5. The predicted octanol–water partition coefficient (Wildman–Crippen LogP) is 5.54. The Morgan fingerprint density at radius 1 is 0.947 bits per heavy atom. The Bertz CT molecular complexity index is 1510. The molecule has 0 amide bonds. The molecule has 0 fully saturated rings. The Hall–Kier alpha value is -2.54. The summed E-state index contributed by atoms with van der Waals surface area (Å²) in [5, 5.41) is 25.0. The molecule has 0 unspecified atom stereocenters. The van der Waals surface area contributed by atoms with Gasteiger partial charge in [0.05, 0.1) is 24.5 Å². The van der Waals surface area contributed by atoms with E-state index in [1.807, 2.05) is 0 Å². The average molecular weight is 611 g/mol. The van der Waals surface area contributed by atoms with Gasteiger partial charge in [-0.05, 0) is 37.3 Å². The molecule has 2 atom stereocenters. The number of hydrogen-bond donors (Lipinski definition) is 2. The normalized spacial score (nSPS) is 13.6. The smallest absolute Gasteiger partial charge is 0.385 e. The first-order valence-electron chi connectivity index (χ1n) is 10.9. The molecule has 0 aliphatic heterocycles. The molecule has 38 heavy (non-hydrogen) atoms. The number of alkyl halides is 3. The molecule has 4 rings (SSSR count). The van der Waals surface area contributed by atoms with Crippen LogP contribution in [0.4, 0.5) is 13.2 Å². The quantitative estimate of drug-likeness (QED) is 0.286. The summed E-state index contributed by atoms with van der Waals surface area (Å²) in [4.78, 5) is 17.6. The van der Waals surface area contributed by atoms with Crippen molar-refractivity contribution in [3.05, 3.63) is 84.8 Å². The van der Waals surface area contributed by atoms with Gasteiger partial charge in [0.15, 0.2) is 17.8 Å². The Morgan fingerprint density at radius 3 is 2.11 bits per heavy atom. The molecule has 0 bridgehead atoms. The van der Waals surface area contributed by atoms with E-state index < -0.39 is 30.6 Å². The van der Waals surface area contributed by atoms with Crippen molar-refractivity contribution >= 4 is 46.4 Å². The second kappa shape index (κ2) is 10.9. The minimum Gasteiger partial charge on any atom is -0.385 e. The second-order valence-electron chi connectivity index (χ2n) is 8.28. The molecule has 15 heteroatoms. The monoisotopic (exact) mass is 609 g/mol. The Balaban J connectivity index is 1.83. The van der Waals surface area contributed by atoms with Gasteiger partial charge in [0.1, 0.15) is 11.3 Å². The lowest BCUT2D eigenvalue weighted by Gasteiger charge is -2.16. The molecule has 2 N–H and O–H groups in total. The Kier molecular flexibility index (Phi) is 8.17. The zero-order valence-corrected chi connectivity index (χ0v) is 22.3. The summed E-state index contributed by atoms with van der Waals surface area (Å²) < 4.78 is 42.5. The van der Waals surface area contributed by atoms with Crippen LogP contribution in [0.3, 0.4) is 0 Å². The van der Waals surface area contributed by atoms with Crippen molar-refractivity contribution in [2.24, 2.45) is 0 Å². The number of aliphatic hydroxyl groups excluding tert-OH is 2. The largest absolute Gasteiger partial charge is 0.416 e. The SMILES string of the molecule is C[C@H](O)c1nc(Cn2c(Cl)c(-c3ccc(Cl)cc3)n(C[C@H](O)C(F)(F)F)c2=O)nn1-c1cc(Cl)cc(Cl)c1. The number of benzene rings is 2. The van der Waals surface area contributed by atoms with Crippen LogP contribution in [0, 0.1) is 0 Å². The predicted molar refractivity (Wildman–Crippen MR) is 137 cm³/mol. The van der Waals surface area contributed by atoms with Gasteiger partial charge < -0.3 is 10.2 Å². The summed E-state index contributed by atoms with van der Waals surface area (Å²) in [6, 6.07) is 10.5. The van der Waals surface area contributed by atoms with E-state index in [4.69, 9.17) is 46.4 Å². The van der Waals surface area contributed by atoms with Crippen LogP contribution < -0.4 is 5.69 Å². The second-order valence-corrected chi connectivity index (χ2v) is 9.95. The van der Waals surface area contributed by atoms with Crippen molar-refractivity contribution in [1.29, 1.82) is 0 Å². The van der Waals surface area contributed by atoms with E-state index >= 15 is 0 Å². The maximum atomic E-state index is 13.3.